The fraction of sp³-hybridized carbons (Fsp3) is 0.115. The molecule has 7 heteroatoms. The highest BCUT2D eigenvalue weighted by Crippen LogP contribution is 2.29. The van der Waals surface area contributed by atoms with Gasteiger partial charge in [-0.15, -0.1) is 0 Å². The van der Waals surface area contributed by atoms with E-state index >= 15 is 0 Å². The van der Waals surface area contributed by atoms with Gasteiger partial charge in [-0.1, -0.05) is 35.3 Å². The van der Waals surface area contributed by atoms with Gasteiger partial charge in [-0.05, 0) is 61.4 Å². The number of H-pyrrole nitrogens is 2. The Labute approximate surface area is 202 Å². The summed E-state index contributed by atoms with van der Waals surface area (Å²) in [4.78, 5) is 17.4. The van der Waals surface area contributed by atoms with Crippen LogP contribution >= 0.6 is 23.2 Å². The Balaban J connectivity index is 0.000000189. The minimum Gasteiger partial charge on any atom is -0.360 e. The maximum atomic E-state index is 11.3. The molecule has 0 radical (unpaired) electrons. The molecule has 0 saturated carbocycles. The maximum Gasteiger partial charge on any atom is 0.175 e. The number of aromatic amines is 2. The normalized spacial score (nSPS) is 10.0. The summed E-state index contributed by atoms with van der Waals surface area (Å²) < 4.78 is 0. The minimum atomic E-state index is -0.0996. The van der Waals surface area contributed by atoms with Crippen LogP contribution in [0, 0.1) is 36.5 Å². The molecule has 0 saturated heterocycles. The maximum absolute atomic E-state index is 11.3. The third-order valence-electron chi connectivity index (χ3n) is 5.12. The number of aromatic nitrogens is 2. The van der Waals surface area contributed by atoms with Crippen molar-refractivity contribution in [3.8, 4) is 34.7 Å². The second kappa shape index (κ2) is 10.2. The summed E-state index contributed by atoms with van der Waals surface area (Å²) in [5.74, 6) is -0.0996. The van der Waals surface area contributed by atoms with E-state index in [0.717, 1.165) is 27.9 Å². The second-order valence-electron chi connectivity index (χ2n) is 7.44. The predicted molar refractivity (Wildman–Crippen MR) is 131 cm³/mol. The molecule has 0 aliphatic rings. The van der Waals surface area contributed by atoms with Gasteiger partial charge in [0.15, 0.2) is 5.78 Å². The van der Waals surface area contributed by atoms with Gasteiger partial charge < -0.3 is 9.97 Å². The van der Waals surface area contributed by atoms with Crippen LogP contribution in [-0.4, -0.2) is 15.8 Å². The van der Waals surface area contributed by atoms with Crippen LogP contribution in [0.1, 0.15) is 39.7 Å². The van der Waals surface area contributed by atoms with E-state index in [1.165, 1.54) is 6.92 Å². The van der Waals surface area contributed by atoms with Crippen molar-refractivity contribution in [3.05, 3.63) is 92.7 Å². The number of carbonyl (C=O) groups is 1. The van der Waals surface area contributed by atoms with Gasteiger partial charge in [0.25, 0.3) is 0 Å². The van der Waals surface area contributed by atoms with Gasteiger partial charge in [0, 0.05) is 34.3 Å². The van der Waals surface area contributed by atoms with Crippen LogP contribution in [0.25, 0.3) is 22.5 Å². The molecule has 4 aromatic rings. The SMILES string of the molecule is CC(=O)c1cc(C#N)c(-c2cc(Cl)ccc2C)[nH]1.Cc1ccc(Cl)cc1-c1[nH]ccc1C#N. The van der Waals surface area contributed by atoms with Crippen molar-refractivity contribution < 1.29 is 4.79 Å². The van der Waals surface area contributed by atoms with Crippen LogP contribution in [-0.2, 0) is 0 Å². The Hall–Kier alpha value is -3.77. The number of rotatable bonds is 3. The first-order valence-corrected chi connectivity index (χ1v) is 10.7. The molecular weight excluding hydrogens is 455 g/mol. The topological polar surface area (TPSA) is 96.2 Å². The molecule has 0 bridgehead atoms. The lowest BCUT2D eigenvalue weighted by molar-refractivity contribution is 0.101. The number of halogens is 2. The summed E-state index contributed by atoms with van der Waals surface area (Å²) in [5.41, 5.74) is 6.90. The molecule has 0 amide bonds. The van der Waals surface area contributed by atoms with Crippen LogP contribution in [0.5, 0.6) is 0 Å². The first kappa shape index (κ1) is 23.9. The number of benzene rings is 2. The van der Waals surface area contributed by atoms with E-state index in [0.29, 0.717) is 32.6 Å². The summed E-state index contributed by atoms with van der Waals surface area (Å²) in [6.45, 7) is 5.39. The minimum absolute atomic E-state index is 0.0996. The molecule has 2 N–H and O–H groups in total. The lowest BCUT2D eigenvalue weighted by Gasteiger charge is -2.05. The molecule has 2 aromatic heterocycles. The monoisotopic (exact) mass is 474 g/mol. The largest absolute Gasteiger partial charge is 0.360 e. The lowest BCUT2D eigenvalue weighted by Crippen LogP contribution is -1.92. The average molecular weight is 475 g/mol. The van der Waals surface area contributed by atoms with Gasteiger partial charge in [-0.3, -0.25) is 4.79 Å². The first-order chi connectivity index (χ1) is 15.7. The summed E-state index contributed by atoms with van der Waals surface area (Å²) in [7, 11) is 0. The Morgan fingerprint density at radius 2 is 1.36 bits per heavy atom. The van der Waals surface area contributed by atoms with E-state index in [4.69, 9.17) is 33.7 Å². The Bertz CT molecular complexity index is 1420. The number of aryl methyl sites for hydroxylation is 2. The van der Waals surface area contributed by atoms with Crippen LogP contribution < -0.4 is 0 Å². The molecule has 4 rings (SSSR count). The fourth-order valence-electron chi connectivity index (χ4n) is 3.36. The summed E-state index contributed by atoms with van der Waals surface area (Å²) in [6, 6.07) is 18.7. The molecule has 33 heavy (non-hydrogen) atoms. The summed E-state index contributed by atoms with van der Waals surface area (Å²) in [6.07, 6.45) is 1.76. The smallest absolute Gasteiger partial charge is 0.175 e. The number of nitriles is 2. The van der Waals surface area contributed by atoms with Gasteiger partial charge in [-0.2, -0.15) is 10.5 Å². The molecule has 164 valence electrons. The van der Waals surface area contributed by atoms with E-state index in [9.17, 15) is 4.79 Å². The Kier molecular flexibility index (Phi) is 7.41. The van der Waals surface area contributed by atoms with Gasteiger partial charge in [0.2, 0.25) is 0 Å². The van der Waals surface area contributed by atoms with E-state index in [2.05, 4.69) is 22.1 Å². The highest BCUT2D eigenvalue weighted by Gasteiger charge is 2.14. The van der Waals surface area contributed by atoms with Gasteiger partial charge in [0.1, 0.15) is 12.1 Å². The van der Waals surface area contributed by atoms with Crippen LogP contribution in [0.4, 0.5) is 0 Å². The molecule has 0 atom stereocenters. The van der Waals surface area contributed by atoms with Crippen molar-refractivity contribution in [2.75, 3.05) is 0 Å². The van der Waals surface area contributed by atoms with E-state index in [-0.39, 0.29) is 5.78 Å². The Morgan fingerprint density at radius 1 is 0.818 bits per heavy atom. The number of nitrogens with zero attached hydrogens (tertiary/aromatic N) is 2. The Morgan fingerprint density at radius 3 is 1.88 bits per heavy atom. The van der Waals surface area contributed by atoms with E-state index < -0.39 is 0 Å². The van der Waals surface area contributed by atoms with Crippen molar-refractivity contribution >= 4 is 29.0 Å². The standard InChI is InChI=1S/C14H11ClN2O.C12H9ClN2/c1-8-3-4-11(15)6-12(8)14-10(7-16)5-13(17-14)9(2)18;1-8-2-3-10(13)6-11(8)12-9(7-14)4-5-15-12/h3-6,17H,1-2H3;2-6,15H,1H3. The van der Waals surface area contributed by atoms with Gasteiger partial charge in [0.05, 0.1) is 28.2 Å². The quantitative estimate of drug-likeness (QED) is 0.306. The van der Waals surface area contributed by atoms with Crippen molar-refractivity contribution in [3.63, 3.8) is 0 Å². The molecule has 0 aliphatic heterocycles. The zero-order valence-corrected chi connectivity index (χ0v) is 19.8. The van der Waals surface area contributed by atoms with E-state index in [1.54, 1.807) is 30.5 Å². The highest BCUT2D eigenvalue weighted by atomic mass is 35.5. The summed E-state index contributed by atoms with van der Waals surface area (Å²) >= 11 is 11.9. The predicted octanol–water partition coefficient (Wildman–Crippen LogP) is 7.23. The molecule has 0 spiro atoms. The number of Topliss-reactive ketones (excluding diaryl/α,β-unsaturated/α-hetero) is 1. The van der Waals surface area contributed by atoms with Crippen molar-refractivity contribution in [2.45, 2.75) is 20.8 Å². The molecule has 2 aromatic carbocycles. The van der Waals surface area contributed by atoms with Crippen LogP contribution in [0.3, 0.4) is 0 Å². The van der Waals surface area contributed by atoms with E-state index in [1.807, 2.05) is 38.1 Å². The zero-order chi connectivity index (χ0) is 24.1. The number of carbonyl (C=O) groups excluding carboxylic acids is 1. The molecule has 0 aliphatic carbocycles. The van der Waals surface area contributed by atoms with Crippen LogP contribution in [0.2, 0.25) is 10.0 Å². The molecule has 0 fully saturated rings. The van der Waals surface area contributed by atoms with Crippen molar-refractivity contribution in [2.24, 2.45) is 0 Å². The first-order valence-electron chi connectivity index (χ1n) is 9.99. The summed E-state index contributed by atoms with van der Waals surface area (Å²) in [5, 5.41) is 19.3. The molecule has 5 nitrogen and oxygen atoms in total. The average Bonchev–Trinajstić information content (AvgIpc) is 3.44. The van der Waals surface area contributed by atoms with Gasteiger partial charge in [-0.25, -0.2) is 0 Å². The number of hydrogen-bond acceptors (Lipinski definition) is 3. The van der Waals surface area contributed by atoms with Gasteiger partial charge >= 0.3 is 0 Å². The number of ketones is 1. The third-order valence-corrected chi connectivity index (χ3v) is 5.59. The lowest BCUT2D eigenvalue weighted by atomic mass is 10.0. The van der Waals surface area contributed by atoms with Crippen LogP contribution in [0.15, 0.2) is 54.7 Å². The third kappa shape index (κ3) is 5.35. The number of nitrogens with one attached hydrogen (secondary N) is 2. The second-order valence-corrected chi connectivity index (χ2v) is 8.31. The molecular formula is C26H20Cl2N4O. The fourth-order valence-corrected chi connectivity index (χ4v) is 3.70. The van der Waals surface area contributed by atoms with Crippen molar-refractivity contribution in [1.82, 2.24) is 9.97 Å². The molecule has 2 heterocycles. The number of hydrogen-bond donors (Lipinski definition) is 2. The zero-order valence-electron chi connectivity index (χ0n) is 18.3. The highest BCUT2D eigenvalue weighted by molar-refractivity contribution is 6.31. The molecule has 0 unspecified atom stereocenters. The van der Waals surface area contributed by atoms with Crippen molar-refractivity contribution in [1.29, 1.82) is 10.5 Å².